The largest absolute Gasteiger partial charge is 0.492 e. The minimum absolute atomic E-state index is 0.242. The minimum atomic E-state index is -0.242. The molecule has 0 saturated heterocycles. The van der Waals surface area contributed by atoms with Gasteiger partial charge < -0.3 is 14.6 Å². The van der Waals surface area contributed by atoms with Crippen molar-refractivity contribution in [2.45, 2.75) is 32.6 Å². The van der Waals surface area contributed by atoms with E-state index in [4.69, 9.17) is 9.26 Å². The SMILES string of the molecule is CCOc1ccccc1NC(=O)c1noc2c1CCCC2. The molecule has 0 saturated carbocycles. The Morgan fingerprint density at radius 3 is 3.00 bits per heavy atom. The summed E-state index contributed by atoms with van der Waals surface area (Å²) in [5.41, 5.74) is 2.00. The molecule has 0 atom stereocenters. The molecular formula is C16H18N2O3. The molecular weight excluding hydrogens is 268 g/mol. The second kappa shape index (κ2) is 5.99. The zero-order chi connectivity index (χ0) is 14.7. The van der Waals surface area contributed by atoms with Crippen LogP contribution in [0.3, 0.4) is 0 Å². The van der Waals surface area contributed by atoms with Crippen molar-refractivity contribution < 1.29 is 14.1 Å². The molecule has 0 aliphatic heterocycles. The lowest BCUT2D eigenvalue weighted by molar-refractivity contribution is 0.101. The molecule has 1 amide bonds. The number of aryl methyl sites for hydroxylation is 1. The lowest BCUT2D eigenvalue weighted by Gasteiger charge is -2.12. The van der Waals surface area contributed by atoms with Crippen LogP contribution in [0.1, 0.15) is 41.6 Å². The second-order valence-corrected chi connectivity index (χ2v) is 5.02. The third kappa shape index (κ3) is 2.77. The van der Waals surface area contributed by atoms with E-state index in [9.17, 15) is 4.79 Å². The summed E-state index contributed by atoms with van der Waals surface area (Å²) in [7, 11) is 0. The lowest BCUT2D eigenvalue weighted by Crippen LogP contribution is -2.16. The van der Waals surface area contributed by atoms with Crippen molar-refractivity contribution in [3.8, 4) is 5.75 Å². The highest BCUT2D eigenvalue weighted by Crippen LogP contribution is 2.27. The van der Waals surface area contributed by atoms with E-state index in [-0.39, 0.29) is 5.91 Å². The highest BCUT2D eigenvalue weighted by atomic mass is 16.5. The summed E-state index contributed by atoms with van der Waals surface area (Å²) in [4.78, 5) is 12.4. The molecule has 110 valence electrons. The van der Waals surface area contributed by atoms with Gasteiger partial charge in [0, 0.05) is 12.0 Å². The van der Waals surface area contributed by atoms with Gasteiger partial charge in [-0.25, -0.2) is 0 Å². The predicted molar refractivity (Wildman–Crippen MR) is 78.7 cm³/mol. The molecule has 1 aliphatic rings. The van der Waals surface area contributed by atoms with E-state index < -0.39 is 0 Å². The molecule has 0 bridgehead atoms. The highest BCUT2D eigenvalue weighted by molar-refractivity contribution is 6.04. The summed E-state index contributed by atoms with van der Waals surface area (Å²) < 4.78 is 10.8. The number of ether oxygens (including phenoxy) is 1. The molecule has 3 rings (SSSR count). The van der Waals surface area contributed by atoms with E-state index >= 15 is 0 Å². The number of carbonyl (C=O) groups is 1. The fourth-order valence-corrected chi connectivity index (χ4v) is 2.60. The van der Waals surface area contributed by atoms with Crippen LogP contribution in [0.15, 0.2) is 28.8 Å². The quantitative estimate of drug-likeness (QED) is 0.937. The Morgan fingerprint density at radius 1 is 1.33 bits per heavy atom. The number of nitrogens with one attached hydrogen (secondary N) is 1. The molecule has 0 spiro atoms. The zero-order valence-electron chi connectivity index (χ0n) is 12.0. The van der Waals surface area contributed by atoms with E-state index in [0.29, 0.717) is 23.7 Å². The maximum absolute atomic E-state index is 12.4. The van der Waals surface area contributed by atoms with Crippen molar-refractivity contribution in [2.75, 3.05) is 11.9 Å². The maximum atomic E-state index is 12.4. The summed E-state index contributed by atoms with van der Waals surface area (Å²) in [6, 6.07) is 7.38. The average Bonchev–Trinajstić information content (AvgIpc) is 2.93. The van der Waals surface area contributed by atoms with E-state index in [0.717, 1.165) is 37.0 Å². The van der Waals surface area contributed by atoms with Gasteiger partial charge in [-0.2, -0.15) is 0 Å². The molecule has 5 nitrogen and oxygen atoms in total. The molecule has 0 radical (unpaired) electrons. The normalized spacial score (nSPS) is 13.6. The Hall–Kier alpha value is -2.30. The summed E-state index contributed by atoms with van der Waals surface area (Å²) in [5, 5.41) is 6.80. The van der Waals surface area contributed by atoms with E-state index in [1.807, 2.05) is 31.2 Å². The van der Waals surface area contributed by atoms with Crippen LogP contribution in [0, 0.1) is 0 Å². The Morgan fingerprint density at radius 2 is 2.14 bits per heavy atom. The number of rotatable bonds is 4. The third-order valence-corrected chi connectivity index (χ3v) is 3.60. The topological polar surface area (TPSA) is 64.4 Å². The lowest BCUT2D eigenvalue weighted by atomic mass is 9.96. The highest BCUT2D eigenvalue weighted by Gasteiger charge is 2.24. The summed E-state index contributed by atoms with van der Waals surface area (Å²) in [5.74, 6) is 1.27. The van der Waals surface area contributed by atoms with Gasteiger partial charge in [-0.05, 0) is 38.3 Å². The maximum Gasteiger partial charge on any atom is 0.278 e. The van der Waals surface area contributed by atoms with Crippen molar-refractivity contribution >= 4 is 11.6 Å². The van der Waals surface area contributed by atoms with Crippen LogP contribution >= 0.6 is 0 Å². The molecule has 1 aliphatic carbocycles. The number of amides is 1. The number of benzene rings is 1. The van der Waals surface area contributed by atoms with Crippen LogP contribution in [0.25, 0.3) is 0 Å². The Bertz CT molecular complexity index is 649. The van der Waals surface area contributed by atoms with Gasteiger partial charge in [0.15, 0.2) is 5.69 Å². The minimum Gasteiger partial charge on any atom is -0.492 e. The number of para-hydroxylation sites is 2. The van der Waals surface area contributed by atoms with Gasteiger partial charge in [0.1, 0.15) is 11.5 Å². The molecule has 5 heteroatoms. The number of nitrogens with zero attached hydrogens (tertiary/aromatic N) is 1. The van der Waals surface area contributed by atoms with E-state index in [2.05, 4.69) is 10.5 Å². The van der Waals surface area contributed by atoms with Crippen LogP contribution in [0.5, 0.6) is 5.75 Å². The fraction of sp³-hybridized carbons (Fsp3) is 0.375. The summed E-state index contributed by atoms with van der Waals surface area (Å²) in [6.45, 7) is 2.46. The van der Waals surface area contributed by atoms with Crippen LogP contribution < -0.4 is 10.1 Å². The second-order valence-electron chi connectivity index (χ2n) is 5.02. The number of carbonyl (C=O) groups excluding carboxylic acids is 1. The molecule has 1 N–H and O–H groups in total. The Balaban J connectivity index is 1.82. The van der Waals surface area contributed by atoms with Gasteiger partial charge in [-0.1, -0.05) is 17.3 Å². The van der Waals surface area contributed by atoms with Gasteiger partial charge >= 0.3 is 0 Å². The van der Waals surface area contributed by atoms with Gasteiger partial charge in [0.05, 0.1) is 12.3 Å². The van der Waals surface area contributed by atoms with E-state index in [1.54, 1.807) is 0 Å². The summed E-state index contributed by atoms with van der Waals surface area (Å²) in [6.07, 6.45) is 3.89. The summed E-state index contributed by atoms with van der Waals surface area (Å²) >= 11 is 0. The van der Waals surface area contributed by atoms with Crippen molar-refractivity contribution in [2.24, 2.45) is 0 Å². The first kappa shape index (κ1) is 13.7. The van der Waals surface area contributed by atoms with Gasteiger partial charge in [-0.3, -0.25) is 4.79 Å². The molecule has 0 fully saturated rings. The molecule has 1 aromatic heterocycles. The van der Waals surface area contributed by atoms with Crippen molar-refractivity contribution in [1.29, 1.82) is 0 Å². The average molecular weight is 286 g/mol. The Kier molecular flexibility index (Phi) is 3.90. The number of anilines is 1. The fourth-order valence-electron chi connectivity index (χ4n) is 2.60. The van der Waals surface area contributed by atoms with Crippen LogP contribution in [-0.4, -0.2) is 17.7 Å². The first-order valence-electron chi connectivity index (χ1n) is 7.30. The number of hydrogen-bond donors (Lipinski definition) is 1. The van der Waals surface area contributed by atoms with E-state index in [1.165, 1.54) is 0 Å². The Labute approximate surface area is 123 Å². The zero-order valence-corrected chi connectivity index (χ0v) is 12.0. The van der Waals surface area contributed by atoms with Crippen LogP contribution in [0.4, 0.5) is 5.69 Å². The standard InChI is InChI=1S/C16H18N2O3/c1-2-20-14-10-6-4-8-12(14)17-16(19)15-11-7-3-5-9-13(11)21-18-15/h4,6,8,10H,2-3,5,7,9H2,1H3,(H,17,19). The van der Waals surface area contributed by atoms with Crippen LogP contribution in [0.2, 0.25) is 0 Å². The first-order valence-corrected chi connectivity index (χ1v) is 7.30. The predicted octanol–water partition coefficient (Wildman–Crippen LogP) is 3.20. The van der Waals surface area contributed by atoms with Gasteiger partial charge in [0.25, 0.3) is 5.91 Å². The van der Waals surface area contributed by atoms with Gasteiger partial charge in [0.2, 0.25) is 0 Å². The number of fused-ring (bicyclic) bond motifs is 1. The van der Waals surface area contributed by atoms with Crippen molar-refractivity contribution in [3.05, 3.63) is 41.3 Å². The van der Waals surface area contributed by atoms with Crippen molar-refractivity contribution in [3.63, 3.8) is 0 Å². The van der Waals surface area contributed by atoms with Gasteiger partial charge in [-0.15, -0.1) is 0 Å². The number of hydrogen-bond acceptors (Lipinski definition) is 4. The molecule has 2 aromatic rings. The first-order chi connectivity index (χ1) is 10.3. The molecule has 1 heterocycles. The smallest absolute Gasteiger partial charge is 0.278 e. The third-order valence-electron chi connectivity index (χ3n) is 3.60. The van der Waals surface area contributed by atoms with Crippen molar-refractivity contribution in [1.82, 2.24) is 5.16 Å². The molecule has 0 unspecified atom stereocenters. The monoisotopic (exact) mass is 286 g/mol. The van der Waals surface area contributed by atoms with Crippen LogP contribution in [-0.2, 0) is 12.8 Å². The molecule has 21 heavy (non-hydrogen) atoms. The molecule has 1 aromatic carbocycles. The number of aromatic nitrogens is 1.